The van der Waals surface area contributed by atoms with Crippen LogP contribution < -0.4 is 0 Å². The Morgan fingerprint density at radius 1 is 0.577 bits per heavy atom. The average molecular weight is 375 g/mol. The van der Waals surface area contributed by atoms with Crippen molar-refractivity contribution >= 4 is 6.29 Å². The average Bonchev–Trinajstić information content (AvgIpc) is 2.57. The fourth-order valence-electron chi connectivity index (χ4n) is 2.83. The molecule has 26 heavy (non-hydrogen) atoms. The van der Waals surface area contributed by atoms with Gasteiger partial charge in [0.2, 0.25) is 0 Å². The highest BCUT2D eigenvalue weighted by Gasteiger charge is 2.69. The first-order valence-corrected chi connectivity index (χ1v) is 9.26. The number of hydrogen-bond donors (Lipinski definition) is 0. The van der Waals surface area contributed by atoms with Crippen molar-refractivity contribution in [2.24, 2.45) is 0 Å². The van der Waals surface area contributed by atoms with Crippen molar-refractivity contribution in [3.63, 3.8) is 0 Å². The molecule has 0 heterocycles. The largest absolute Gasteiger partial charge is 0.699 e. The Morgan fingerprint density at radius 3 is 1.19 bits per heavy atom. The summed E-state index contributed by atoms with van der Waals surface area (Å²) in [6.45, 7) is 0. The molecule has 0 aliphatic carbocycles. The summed E-state index contributed by atoms with van der Waals surface area (Å²) in [6, 6.07) is 0. The van der Waals surface area contributed by atoms with E-state index in [0.717, 1.165) is 64.1 Å². The molecule has 10 heteroatoms. The van der Waals surface area contributed by atoms with Gasteiger partial charge in [-0.1, -0.05) is 64.2 Å². The summed E-state index contributed by atoms with van der Waals surface area (Å²) in [5.41, 5.74) is 0. The summed E-state index contributed by atoms with van der Waals surface area (Å²) >= 11 is 0. The second kappa shape index (κ2) is 14.1. The minimum Gasteiger partial charge on any atom is -0.303 e. The Morgan fingerprint density at radius 2 is 0.885 bits per heavy atom. The van der Waals surface area contributed by atoms with E-state index >= 15 is 0 Å². The molecule has 0 saturated carbocycles. The zero-order valence-electron chi connectivity index (χ0n) is 15.2. The molecule has 0 aliphatic rings. The lowest BCUT2D eigenvalue weighted by atomic mass is 10.0. The summed E-state index contributed by atoms with van der Waals surface area (Å²) in [7, 11) is 0. The fourth-order valence-corrected chi connectivity index (χ4v) is 2.83. The molecule has 0 rings (SSSR count). The molecular weight excluding hydrogens is 346 g/mol. The fraction of sp³-hybridized carbons (Fsp3) is 0.938. The maximum Gasteiger partial charge on any atom is 0.699 e. The molecular formula is C16H29N3O7. The van der Waals surface area contributed by atoms with E-state index in [1.165, 1.54) is 6.42 Å². The van der Waals surface area contributed by atoms with Crippen molar-refractivity contribution in [1.29, 1.82) is 0 Å². The van der Waals surface area contributed by atoms with Gasteiger partial charge in [-0.25, -0.2) is 0 Å². The summed E-state index contributed by atoms with van der Waals surface area (Å²) in [5, 5.41) is 32.3. The zero-order valence-corrected chi connectivity index (χ0v) is 15.2. The summed E-state index contributed by atoms with van der Waals surface area (Å²) in [5.74, 6) is -3.31. The van der Waals surface area contributed by atoms with Crippen molar-refractivity contribution in [1.82, 2.24) is 0 Å². The Bertz CT molecular complexity index is 421. The Labute approximate surface area is 152 Å². The summed E-state index contributed by atoms with van der Waals surface area (Å²) in [4.78, 5) is 38.3. The van der Waals surface area contributed by atoms with Crippen LogP contribution in [0.25, 0.3) is 0 Å². The van der Waals surface area contributed by atoms with Crippen LogP contribution in [0.4, 0.5) is 0 Å². The van der Waals surface area contributed by atoms with Crippen LogP contribution in [0.15, 0.2) is 0 Å². The van der Waals surface area contributed by atoms with Gasteiger partial charge in [-0.05, 0) is 12.8 Å². The van der Waals surface area contributed by atoms with E-state index in [-0.39, 0.29) is 6.42 Å². The zero-order chi connectivity index (χ0) is 19.8. The van der Waals surface area contributed by atoms with Gasteiger partial charge in [0.05, 0.1) is 0 Å². The molecule has 0 radical (unpaired) electrons. The predicted molar refractivity (Wildman–Crippen MR) is 94.4 cm³/mol. The molecule has 0 aliphatic heterocycles. The van der Waals surface area contributed by atoms with Gasteiger partial charge in [0.15, 0.2) is 21.2 Å². The first kappa shape index (κ1) is 23.9. The standard InChI is InChI=1S/C16H29N3O7/c20-15-13-11-9-7-5-3-1-2-4-6-8-10-12-14-16(17(21)22,18(23)24)19(25)26/h15H,1-14H2. The number of rotatable bonds is 18. The van der Waals surface area contributed by atoms with Gasteiger partial charge in [-0.15, -0.1) is 0 Å². The smallest absolute Gasteiger partial charge is 0.303 e. The first-order valence-electron chi connectivity index (χ1n) is 9.26. The molecule has 0 N–H and O–H groups in total. The third-order valence-corrected chi connectivity index (χ3v) is 4.46. The van der Waals surface area contributed by atoms with Gasteiger partial charge in [0, 0.05) is 6.42 Å². The maximum atomic E-state index is 10.8. The molecule has 0 aromatic carbocycles. The van der Waals surface area contributed by atoms with Crippen LogP contribution in [-0.4, -0.2) is 26.8 Å². The third kappa shape index (κ3) is 8.82. The van der Waals surface area contributed by atoms with E-state index in [1.54, 1.807) is 0 Å². The normalized spacial score (nSPS) is 11.2. The summed E-state index contributed by atoms with van der Waals surface area (Å²) < 4.78 is 0. The third-order valence-electron chi connectivity index (χ3n) is 4.46. The molecule has 0 atom stereocenters. The van der Waals surface area contributed by atoms with Crippen LogP contribution in [0.1, 0.15) is 89.9 Å². The lowest BCUT2D eigenvalue weighted by Gasteiger charge is -2.08. The number of carbonyl (C=O) groups is 1. The summed E-state index contributed by atoms with van der Waals surface area (Å²) in [6.07, 6.45) is 12.0. The van der Waals surface area contributed by atoms with Crippen molar-refractivity contribution < 1.29 is 19.6 Å². The maximum absolute atomic E-state index is 10.8. The number of carbonyl (C=O) groups excluding carboxylic acids is 1. The van der Waals surface area contributed by atoms with Crippen LogP contribution in [0, 0.1) is 30.3 Å². The van der Waals surface area contributed by atoms with Crippen LogP contribution in [0.3, 0.4) is 0 Å². The molecule has 0 amide bonds. The first-order chi connectivity index (χ1) is 12.4. The Balaban J connectivity index is 3.69. The Hall–Kier alpha value is -2.13. The van der Waals surface area contributed by atoms with Crippen molar-refractivity contribution in [3.8, 4) is 0 Å². The minimum absolute atomic E-state index is 0.0870. The number of aldehydes is 1. The lowest BCUT2D eigenvalue weighted by molar-refractivity contribution is -0.970. The molecule has 0 saturated heterocycles. The SMILES string of the molecule is O=CCCCCCCCCCCCCCCC([N+](=O)[O-])([N+](=O)[O-])[N+](=O)[O-]. The topological polar surface area (TPSA) is 146 Å². The van der Waals surface area contributed by atoms with Crippen molar-refractivity contribution in [2.45, 2.75) is 95.7 Å². The quantitative estimate of drug-likeness (QED) is 0.115. The van der Waals surface area contributed by atoms with E-state index < -0.39 is 27.0 Å². The van der Waals surface area contributed by atoms with E-state index in [1.807, 2.05) is 0 Å². The molecule has 0 aromatic rings. The second-order valence-electron chi connectivity index (χ2n) is 6.49. The monoisotopic (exact) mass is 375 g/mol. The van der Waals surface area contributed by atoms with Crippen LogP contribution in [0.2, 0.25) is 0 Å². The van der Waals surface area contributed by atoms with Gasteiger partial charge in [-0.2, -0.15) is 0 Å². The van der Waals surface area contributed by atoms with Gasteiger partial charge < -0.3 is 4.79 Å². The van der Waals surface area contributed by atoms with Crippen molar-refractivity contribution in [3.05, 3.63) is 30.3 Å². The predicted octanol–water partition coefficient (Wildman–Crippen LogP) is 4.13. The van der Waals surface area contributed by atoms with Crippen LogP contribution in [-0.2, 0) is 4.79 Å². The van der Waals surface area contributed by atoms with Gasteiger partial charge in [-0.3, -0.25) is 30.3 Å². The number of unbranched alkanes of at least 4 members (excludes halogenated alkanes) is 12. The molecule has 150 valence electrons. The minimum atomic E-state index is -3.31. The van der Waals surface area contributed by atoms with E-state index in [0.29, 0.717) is 12.8 Å². The highest BCUT2D eigenvalue weighted by atomic mass is 16.7. The molecule has 10 nitrogen and oxygen atoms in total. The van der Waals surface area contributed by atoms with E-state index in [9.17, 15) is 35.1 Å². The molecule has 0 spiro atoms. The van der Waals surface area contributed by atoms with E-state index in [2.05, 4.69) is 0 Å². The Kier molecular flexibility index (Phi) is 12.9. The number of nitro groups is 3. The highest BCUT2D eigenvalue weighted by Crippen LogP contribution is 2.21. The second-order valence-corrected chi connectivity index (χ2v) is 6.49. The van der Waals surface area contributed by atoms with Gasteiger partial charge in [0.1, 0.15) is 6.29 Å². The number of nitrogens with zero attached hydrogens (tertiary/aromatic N) is 3. The highest BCUT2D eigenvalue weighted by molar-refractivity contribution is 5.48. The molecule has 0 unspecified atom stereocenters. The van der Waals surface area contributed by atoms with Gasteiger partial charge in [0.25, 0.3) is 0 Å². The van der Waals surface area contributed by atoms with Crippen LogP contribution in [0.5, 0.6) is 0 Å². The number of hydrogen-bond acceptors (Lipinski definition) is 7. The molecule has 0 fully saturated rings. The van der Waals surface area contributed by atoms with Crippen LogP contribution >= 0.6 is 0 Å². The van der Waals surface area contributed by atoms with Crippen molar-refractivity contribution in [2.75, 3.05) is 0 Å². The molecule has 0 bridgehead atoms. The molecule has 0 aromatic heterocycles. The van der Waals surface area contributed by atoms with E-state index in [4.69, 9.17) is 0 Å². The lowest BCUT2D eigenvalue weighted by Crippen LogP contribution is -2.53. The van der Waals surface area contributed by atoms with Gasteiger partial charge >= 0.3 is 5.79 Å².